The lowest BCUT2D eigenvalue weighted by Gasteiger charge is -2.17. The van der Waals surface area contributed by atoms with Crippen LogP contribution in [0.1, 0.15) is 16.7 Å². The van der Waals surface area contributed by atoms with Crippen molar-refractivity contribution in [3.8, 4) is 0 Å². The number of amides is 1. The van der Waals surface area contributed by atoms with Crippen molar-refractivity contribution < 1.29 is 13.2 Å². The molecule has 1 amide bonds. The molecule has 0 aliphatic carbocycles. The molecule has 8 heteroatoms. The van der Waals surface area contributed by atoms with Gasteiger partial charge in [-0.3, -0.25) is 4.79 Å². The summed E-state index contributed by atoms with van der Waals surface area (Å²) in [4.78, 5) is 15.0. The molecule has 0 aliphatic rings. The molecular weight excluding hydrogens is 436 g/mol. The summed E-state index contributed by atoms with van der Waals surface area (Å²) in [7, 11) is 0.00561. The molecule has 7 nitrogen and oxygen atoms in total. The molecule has 0 bridgehead atoms. The second-order valence-corrected chi connectivity index (χ2v) is 9.61. The topological polar surface area (TPSA) is 90.9 Å². The second-order valence-electron chi connectivity index (χ2n) is 7.90. The summed E-state index contributed by atoms with van der Waals surface area (Å²) in [5.74, 6) is -0.546. The summed E-state index contributed by atoms with van der Waals surface area (Å²) >= 11 is 0. The number of hydrogen-bond donors (Lipinski definition) is 2. The maximum Gasteiger partial charge on any atom is 0.258 e. The van der Waals surface area contributed by atoms with Crippen LogP contribution in [0.5, 0.6) is 0 Å². The molecular formula is C25H28N4O3S. The van der Waals surface area contributed by atoms with Gasteiger partial charge in [-0.15, -0.1) is 0 Å². The summed E-state index contributed by atoms with van der Waals surface area (Å²) in [5, 5.41) is 4.02. The van der Waals surface area contributed by atoms with Crippen LogP contribution in [0, 0.1) is 6.92 Å². The number of nitrogens with one attached hydrogen (secondary N) is 2. The minimum absolute atomic E-state index is 0.100. The van der Waals surface area contributed by atoms with E-state index in [4.69, 9.17) is 0 Å². The van der Waals surface area contributed by atoms with E-state index < -0.39 is 22.0 Å². The van der Waals surface area contributed by atoms with Crippen molar-refractivity contribution in [3.63, 3.8) is 0 Å². The molecule has 172 valence electrons. The molecule has 3 aromatic rings. The van der Waals surface area contributed by atoms with E-state index in [9.17, 15) is 13.2 Å². The highest BCUT2D eigenvalue weighted by Gasteiger charge is 2.26. The van der Waals surface area contributed by atoms with E-state index in [2.05, 4.69) is 15.2 Å². The van der Waals surface area contributed by atoms with Gasteiger partial charge in [0.05, 0.1) is 11.1 Å². The highest BCUT2D eigenvalue weighted by Crippen LogP contribution is 2.13. The Balaban J connectivity index is 1.75. The van der Waals surface area contributed by atoms with Crippen molar-refractivity contribution in [2.75, 3.05) is 19.0 Å². The number of hydrogen-bond acceptors (Lipinski definition) is 5. The first-order valence-corrected chi connectivity index (χ1v) is 12.0. The molecule has 0 heterocycles. The molecule has 0 saturated carbocycles. The van der Waals surface area contributed by atoms with Crippen LogP contribution in [-0.4, -0.2) is 40.7 Å². The van der Waals surface area contributed by atoms with Crippen molar-refractivity contribution in [2.45, 2.75) is 24.3 Å². The van der Waals surface area contributed by atoms with E-state index in [0.29, 0.717) is 0 Å². The zero-order valence-corrected chi connectivity index (χ0v) is 19.7. The molecule has 0 unspecified atom stereocenters. The predicted octanol–water partition coefficient (Wildman–Crippen LogP) is 3.10. The van der Waals surface area contributed by atoms with Crippen LogP contribution in [0.15, 0.2) is 88.9 Å². The molecule has 0 saturated heterocycles. The molecule has 0 radical (unpaired) electrons. The van der Waals surface area contributed by atoms with Crippen molar-refractivity contribution >= 4 is 27.8 Å². The first-order valence-electron chi connectivity index (χ1n) is 10.5. The summed E-state index contributed by atoms with van der Waals surface area (Å²) < 4.78 is 28.3. The van der Waals surface area contributed by atoms with E-state index in [1.54, 1.807) is 12.1 Å². The van der Waals surface area contributed by atoms with Crippen LogP contribution >= 0.6 is 0 Å². The third-order valence-corrected chi connectivity index (χ3v) is 6.51. The Morgan fingerprint density at radius 2 is 1.61 bits per heavy atom. The Hall–Kier alpha value is -3.49. The zero-order valence-electron chi connectivity index (χ0n) is 18.9. The minimum atomic E-state index is -3.90. The monoisotopic (exact) mass is 464 g/mol. The average molecular weight is 465 g/mol. The number of carbonyl (C=O) groups is 1. The number of benzene rings is 3. The number of sulfonamides is 1. The lowest BCUT2D eigenvalue weighted by atomic mass is 10.1. The van der Waals surface area contributed by atoms with Gasteiger partial charge in [-0.05, 0) is 48.7 Å². The van der Waals surface area contributed by atoms with Gasteiger partial charge >= 0.3 is 0 Å². The molecule has 0 aromatic heterocycles. The number of anilines is 1. The molecule has 3 rings (SSSR count). The Labute approximate surface area is 195 Å². The predicted molar refractivity (Wildman–Crippen MR) is 132 cm³/mol. The van der Waals surface area contributed by atoms with E-state index >= 15 is 0 Å². The third kappa shape index (κ3) is 7.00. The number of nitrogens with zero attached hydrogens (tertiary/aromatic N) is 2. The molecule has 33 heavy (non-hydrogen) atoms. The molecule has 1 atom stereocenters. The Kier molecular flexibility index (Phi) is 7.97. The Morgan fingerprint density at radius 3 is 2.21 bits per heavy atom. The summed E-state index contributed by atoms with van der Waals surface area (Å²) in [6.07, 6.45) is 1.70. The largest absolute Gasteiger partial charge is 0.378 e. The minimum Gasteiger partial charge on any atom is -0.378 e. The lowest BCUT2D eigenvalue weighted by Crippen LogP contribution is -2.46. The van der Waals surface area contributed by atoms with Gasteiger partial charge in [-0.25, -0.2) is 13.8 Å². The maximum atomic E-state index is 12.9. The normalized spacial score (nSPS) is 12.5. The number of hydrazone groups is 1. The van der Waals surface area contributed by atoms with Crippen molar-refractivity contribution in [2.24, 2.45) is 5.10 Å². The van der Waals surface area contributed by atoms with Crippen LogP contribution in [-0.2, 0) is 21.2 Å². The van der Waals surface area contributed by atoms with Gasteiger partial charge < -0.3 is 4.90 Å². The molecule has 2 N–H and O–H groups in total. The van der Waals surface area contributed by atoms with Crippen LogP contribution in [0.25, 0.3) is 0 Å². The first kappa shape index (κ1) is 24.2. The fourth-order valence-electron chi connectivity index (χ4n) is 3.12. The van der Waals surface area contributed by atoms with Crippen LogP contribution < -0.4 is 15.0 Å². The van der Waals surface area contributed by atoms with Gasteiger partial charge in [-0.1, -0.05) is 60.2 Å². The van der Waals surface area contributed by atoms with Gasteiger partial charge in [-0.2, -0.15) is 9.82 Å². The molecule has 0 aliphatic heterocycles. The molecule has 0 fully saturated rings. The van der Waals surface area contributed by atoms with Crippen molar-refractivity contribution in [1.82, 2.24) is 10.1 Å². The van der Waals surface area contributed by atoms with E-state index in [1.807, 2.05) is 80.5 Å². The van der Waals surface area contributed by atoms with Gasteiger partial charge in [0.25, 0.3) is 5.91 Å². The van der Waals surface area contributed by atoms with Crippen molar-refractivity contribution in [1.29, 1.82) is 0 Å². The molecule has 0 spiro atoms. The Bertz CT molecular complexity index is 1190. The molecule has 3 aromatic carbocycles. The van der Waals surface area contributed by atoms with Gasteiger partial charge in [0.1, 0.15) is 6.04 Å². The van der Waals surface area contributed by atoms with E-state index in [1.165, 1.54) is 18.3 Å². The fraction of sp³-hybridized carbons (Fsp3) is 0.200. The number of carbonyl (C=O) groups excluding carboxylic acids is 1. The summed E-state index contributed by atoms with van der Waals surface area (Å²) in [6.45, 7) is 1.88. The van der Waals surface area contributed by atoms with E-state index in [0.717, 1.165) is 22.4 Å². The standard InChI is InChI=1S/C25H28N4O3S/c1-19-9-15-23(16-10-19)33(31,32)28-24(17-20-7-5-4-6-8-20)25(30)27-26-18-21-11-13-22(14-12-21)29(2)3/h4-16,18,24,28H,17H2,1-3H3,(H,27,30)/b26-18-/t24-/m1/s1. The highest BCUT2D eigenvalue weighted by molar-refractivity contribution is 7.89. The third-order valence-electron chi connectivity index (χ3n) is 5.03. The average Bonchev–Trinajstić information content (AvgIpc) is 2.80. The van der Waals surface area contributed by atoms with Gasteiger partial charge in [0, 0.05) is 19.8 Å². The SMILES string of the molecule is Cc1ccc(S(=O)(=O)N[C@H](Cc2ccccc2)C(=O)N/N=C\c2ccc(N(C)C)cc2)cc1. The summed E-state index contributed by atoms with van der Waals surface area (Å²) in [5.41, 5.74) is 6.09. The quantitative estimate of drug-likeness (QED) is 0.376. The zero-order chi connectivity index (χ0) is 23.8. The Morgan fingerprint density at radius 1 is 0.970 bits per heavy atom. The highest BCUT2D eigenvalue weighted by atomic mass is 32.2. The van der Waals surface area contributed by atoms with E-state index in [-0.39, 0.29) is 11.3 Å². The van der Waals surface area contributed by atoms with Gasteiger partial charge in [0.15, 0.2) is 0 Å². The fourth-order valence-corrected chi connectivity index (χ4v) is 4.31. The lowest BCUT2D eigenvalue weighted by molar-refractivity contribution is -0.122. The number of aryl methyl sites for hydroxylation is 1. The van der Waals surface area contributed by atoms with Crippen LogP contribution in [0.4, 0.5) is 5.69 Å². The first-order chi connectivity index (χ1) is 15.7. The van der Waals surface area contributed by atoms with Crippen molar-refractivity contribution in [3.05, 3.63) is 95.6 Å². The van der Waals surface area contributed by atoms with Crippen LogP contribution in [0.2, 0.25) is 0 Å². The maximum absolute atomic E-state index is 12.9. The van der Waals surface area contributed by atoms with Crippen LogP contribution in [0.3, 0.4) is 0 Å². The smallest absolute Gasteiger partial charge is 0.258 e. The number of rotatable bonds is 9. The summed E-state index contributed by atoms with van der Waals surface area (Å²) in [6, 6.07) is 22.3. The second kappa shape index (κ2) is 10.9. The van der Waals surface area contributed by atoms with Gasteiger partial charge in [0.2, 0.25) is 10.0 Å².